The third-order valence-electron chi connectivity index (χ3n) is 2.93. The summed E-state index contributed by atoms with van der Waals surface area (Å²) in [6, 6.07) is 7.13. The van der Waals surface area contributed by atoms with Crippen LogP contribution >= 0.6 is 11.5 Å². The monoisotopic (exact) mass is 292 g/mol. The highest BCUT2D eigenvalue weighted by Crippen LogP contribution is 2.18. The van der Waals surface area contributed by atoms with E-state index in [0.717, 1.165) is 0 Å². The van der Waals surface area contributed by atoms with Crippen LogP contribution in [0.15, 0.2) is 29.6 Å². The van der Waals surface area contributed by atoms with Crippen LogP contribution < -0.4 is 10.1 Å². The minimum Gasteiger partial charge on any atom is -0.497 e. The molecule has 0 radical (unpaired) electrons. The molecule has 1 heterocycles. The summed E-state index contributed by atoms with van der Waals surface area (Å²) in [6.07, 6.45) is -0.777. The van der Waals surface area contributed by atoms with E-state index in [0.29, 0.717) is 22.6 Å². The van der Waals surface area contributed by atoms with Gasteiger partial charge in [0.25, 0.3) is 5.91 Å². The van der Waals surface area contributed by atoms with Crippen LogP contribution in [0.4, 0.5) is 0 Å². The summed E-state index contributed by atoms with van der Waals surface area (Å²) in [4.78, 5) is 11.9. The van der Waals surface area contributed by atoms with E-state index in [1.165, 1.54) is 11.5 Å². The lowest BCUT2D eigenvalue weighted by Crippen LogP contribution is -2.28. The molecular formula is C14H16N2O3S. The molecule has 2 N–H and O–H groups in total. The Balaban J connectivity index is 1.96. The molecule has 0 saturated heterocycles. The van der Waals surface area contributed by atoms with Gasteiger partial charge >= 0.3 is 0 Å². The van der Waals surface area contributed by atoms with E-state index in [2.05, 4.69) is 9.69 Å². The number of rotatable bonds is 5. The maximum atomic E-state index is 11.9. The molecule has 6 heteroatoms. The van der Waals surface area contributed by atoms with Crippen molar-refractivity contribution in [3.8, 4) is 5.75 Å². The Hall–Kier alpha value is -1.92. The van der Waals surface area contributed by atoms with E-state index in [1.54, 1.807) is 43.7 Å². The van der Waals surface area contributed by atoms with Gasteiger partial charge in [0.05, 0.1) is 24.5 Å². The van der Waals surface area contributed by atoms with Crippen molar-refractivity contribution < 1.29 is 14.6 Å². The zero-order chi connectivity index (χ0) is 14.5. The number of carbonyl (C=O) groups is 1. The third kappa shape index (κ3) is 3.34. The summed E-state index contributed by atoms with van der Waals surface area (Å²) in [5.41, 5.74) is 1.95. The van der Waals surface area contributed by atoms with Crippen LogP contribution in [0.1, 0.15) is 27.7 Å². The summed E-state index contributed by atoms with van der Waals surface area (Å²) in [5.74, 6) is 0.448. The first-order valence-electron chi connectivity index (χ1n) is 6.13. The lowest BCUT2D eigenvalue weighted by Gasteiger charge is -2.13. The maximum Gasteiger partial charge on any atom is 0.254 e. The van der Waals surface area contributed by atoms with Gasteiger partial charge in [-0.2, -0.15) is 4.37 Å². The number of aliphatic hydroxyl groups is 1. The van der Waals surface area contributed by atoms with Gasteiger partial charge in [-0.3, -0.25) is 4.79 Å². The van der Waals surface area contributed by atoms with Gasteiger partial charge in [-0.05, 0) is 36.2 Å². The van der Waals surface area contributed by atoms with Crippen molar-refractivity contribution in [2.24, 2.45) is 0 Å². The zero-order valence-electron chi connectivity index (χ0n) is 11.3. The molecule has 0 fully saturated rings. The average Bonchev–Trinajstić information content (AvgIpc) is 2.90. The van der Waals surface area contributed by atoms with Crippen LogP contribution in [-0.4, -0.2) is 29.0 Å². The number of aryl methyl sites for hydroxylation is 1. The number of aromatic nitrogens is 1. The highest BCUT2D eigenvalue weighted by atomic mass is 32.1. The van der Waals surface area contributed by atoms with Gasteiger partial charge in [0.2, 0.25) is 0 Å². The number of aliphatic hydroxyl groups excluding tert-OH is 1. The minimum atomic E-state index is -0.777. The Morgan fingerprint density at radius 3 is 3.00 bits per heavy atom. The summed E-state index contributed by atoms with van der Waals surface area (Å²) < 4.78 is 9.15. The van der Waals surface area contributed by atoms with Crippen molar-refractivity contribution in [3.05, 3.63) is 46.5 Å². The van der Waals surface area contributed by atoms with E-state index in [1.807, 2.05) is 0 Å². The smallest absolute Gasteiger partial charge is 0.254 e. The summed E-state index contributed by atoms with van der Waals surface area (Å²) in [6.45, 7) is 1.92. The fourth-order valence-corrected chi connectivity index (χ4v) is 2.45. The Morgan fingerprint density at radius 2 is 2.35 bits per heavy atom. The molecule has 5 nitrogen and oxygen atoms in total. The number of amides is 1. The highest BCUT2D eigenvalue weighted by molar-refractivity contribution is 7.03. The van der Waals surface area contributed by atoms with E-state index in [4.69, 9.17) is 4.74 Å². The SMILES string of the molecule is COc1cccc(C(O)CNC(=O)c2csnc2C)c1. The third-order valence-corrected chi connectivity index (χ3v) is 3.65. The standard InChI is InChI=1S/C14H16N2O3S/c1-9-12(8-20-16-9)14(18)15-7-13(17)10-4-3-5-11(6-10)19-2/h3-6,8,13,17H,7H2,1-2H3,(H,15,18). The molecular weight excluding hydrogens is 276 g/mol. The maximum absolute atomic E-state index is 11.9. The molecule has 0 saturated carbocycles. The molecule has 1 aromatic carbocycles. The van der Waals surface area contributed by atoms with Gasteiger partial charge in [0, 0.05) is 11.9 Å². The number of benzene rings is 1. The van der Waals surface area contributed by atoms with Crippen LogP contribution in [0.2, 0.25) is 0 Å². The second-order valence-corrected chi connectivity index (χ2v) is 4.95. The summed E-state index contributed by atoms with van der Waals surface area (Å²) in [7, 11) is 1.57. The number of nitrogens with zero attached hydrogens (tertiary/aromatic N) is 1. The molecule has 1 aromatic heterocycles. The van der Waals surface area contributed by atoms with E-state index in [-0.39, 0.29) is 12.5 Å². The van der Waals surface area contributed by atoms with Gasteiger partial charge in [-0.25, -0.2) is 0 Å². The number of nitrogens with one attached hydrogen (secondary N) is 1. The second kappa shape index (κ2) is 6.49. The van der Waals surface area contributed by atoms with Crippen molar-refractivity contribution in [1.29, 1.82) is 0 Å². The molecule has 0 spiro atoms. The van der Waals surface area contributed by atoms with Crippen LogP contribution in [-0.2, 0) is 0 Å². The molecule has 1 unspecified atom stereocenters. The molecule has 20 heavy (non-hydrogen) atoms. The Bertz CT molecular complexity index is 598. The molecule has 2 aromatic rings. The van der Waals surface area contributed by atoms with E-state index < -0.39 is 6.10 Å². The van der Waals surface area contributed by atoms with Crippen molar-refractivity contribution in [3.63, 3.8) is 0 Å². The van der Waals surface area contributed by atoms with Gasteiger partial charge in [-0.1, -0.05) is 12.1 Å². The first-order chi connectivity index (χ1) is 9.61. The zero-order valence-corrected chi connectivity index (χ0v) is 12.1. The average molecular weight is 292 g/mol. The number of carbonyl (C=O) groups excluding carboxylic acids is 1. The molecule has 1 amide bonds. The predicted molar refractivity (Wildman–Crippen MR) is 77.1 cm³/mol. The summed E-state index contributed by atoms with van der Waals surface area (Å²) in [5, 5.41) is 14.5. The molecule has 0 aliphatic carbocycles. The van der Waals surface area contributed by atoms with E-state index in [9.17, 15) is 9.90 Å². The van der Waals surface area contributed by atoms with Gasteiger partial charge in [0.15, 0.2) is 0 Å². The number of hydrogen-bond donors (Lipinski definition) is 2. The van der Waals surface area contributed by atoms with Gasteiger partial charge in [0.1, 0.15) is 5.75 Å². The Morgan fingerprint density at radius 1 is 1.55 bits per heavy atom. The quantitative estimate of drug-likeness (QED) is 0.883. The summed E-state index contributed by atoms with van der Waals surface area (Å²) >= 11 is 1.24. The fraction of sp³-hybridized carbons (Fsp3) is 0.286. The topological polar surface area (TPSA) is 71.5 Å². The van der Waals surface area contributed by atoms with Crippen LogP contribution in [0.3, 0.4) is 0 Å². The number of hydrogen-bond acceptors (Lipinski definition) is 5. The largest absolute Gasteiger partial charge is 0.497 e. The molecule has 0 aliphatic rings. The molecule has 1 atom stereocenters. The number of methoxy groups -OCH3 is 1. The van der Waals surface area contributed by atoms with E-state index >= 15 is 0 Å². The lowest BCUT2D eigenvalue weighted by atomic mass is 10.1. The molecule has 0 aliphatic heterocycles. The Kier molecular flexibility index (Phi) is 4.70. The van der Waals surface area contributed by atoms with Gasteiger partial charge < -0.3 is 15.2 Å². The van der Waals surface area contributed by atoms with Crippen molar-refractivity contribution in [2.45, 2.75) is 13.0 Å². The first-order valence-corrected chi connectivity index (χ1v) is 6.96. The van der Waals surface area contributed by atoms with Crippen molar-refractivity contribution in [1.82, 2.24) is 9.69 Å². The Labute approximate surface area is 121 Å². The van der Waals surface area contributed by atoms with Gasteiger partial charge in [-0.15, -0.1) is 0 Å². The molecule has 2 rings (SSSR count). The lowest BCUT2D eigenvalue weighted by molar-refractivity contribution is 0.0916. The van der Waals surface area contributed by atoms with Crippen molar-refractivity contribution in [2.75, 3.05) is 13.7 Å². The second-order valence-electron chi connectivity index (χ2n) is 4.32. The molecule has 0 bridgehead atoms. The van der Waals surface area contributed by atoms with Crippen LogP contribution in [0.5, 0.6) is 5.75 Å². The van der Waals surface area contributed by atoms with Crippen molar-refractivity contribution >= 4 is 17.4 Å². The molecule has 106 valence electrons. The fourth-order valence-electron chi connectivity index (χ4n) is 1.76. The van der Waals surface area contributed by atoms with Crippen LogP contribution in [0, 0.1) is 6.92 Å². The highest BCUT2D eigenvalue weighted by Gasteiger charge is 2.14. The first kappa shape index (κ1) is 14.5. The van der Waals surface area contributed by atoms with Crippen LogP contribution in [0.25, 0.3) is 0 Å². The normalized spacial score (nSPS) is 11.9. The minimum absolute atomic E-state index is 0.140. The number of ether oxygens (including phenoxy) is 1. The predicted octanol–water partition coefficient (Wildman–Crippen LogP) is 1.92.